The number of phenols is 1. The molecule has 2 aromatic rings. The van der Waals surface area contributed by atoms with Crippen molar-refractivity contribution in [3.05, 3.63) is 41.5 Å². The number of carbonyl (C=O) groups excluding carboxylic acids is 1. The molecule has 0 radical (unpaired) electrons. The van der Waals surface area contributed by atoms with Gasteiger partial charge in [0.05, 0.1) is 18.2 Å². The summed E-state index contributed by atoms with van der Waals surface area (Å²) in [6.07, 6.45) is 0.264. The average molecular weight is 335 g/mol. The van der Waals surface area contributed by atoms with Crippen LogP contribution in [0.2, 0.25) is 0 Å². The van der Waals surface area contributed by atoms with Crippen LogP contribution in [0.1, 0.15) is 36.4 Å². The van der Waals surface area contributed by atoms with Gasteiger partial charge in [-0.3, -0.25) is 4.79 Å². The number of benzene rings is 1. The number of thioether (sulfide) groups is 1. The van der Waals surface area contributed by atoms with E-state index < -0.39 is 0 Å². The lowest BCUT2D eigenvalue weighted by molar-refractivity contribution is -0.130. The highest BCUT2D eigenvalue weighted by Crippen LogP contribution is 2.25. The average Bonchev–Trinajstić information content (AvgIpc) is 2.98. The molecule has 124 valence electrons. The zero-order valence-electron chi connectivity index (χ0n) is 13.5. The molecular weight excluding hydrogens is 314 g/mol. The van der Waals surface area contributed by atoms with E-state index in [1.165, 1.54) is 0 Å². The van der Waals surface area contributed by atoms with Gasteiger partial charge in [-0.2, -0.15) is 16.7 Å². The fraction of sp³-hybridized carbons (Fsp3) is 0.438. The van der Waals surface area contributed by atoms with Crippen LogP contribution in [-0.2, 0) is 17.8 Å². The molecule has 1 atom stereocenters. The highest BCUT2D eigenvalue weighted by atomic mass is 32.2. The van der Waals surface area contributed by atoms with Crippen molar-refractivity contribution in [2.45, 2.75) is 32.1 Å². The van der Waals surface area contributed by atoms with Crippen LogP contribution in [-0.4, -0.2) is 38.9 Å². The molecule has 23 heavy (non-hydrogen) atoms. The number of aromatic nitrogens is 2. The molecule has 0 unspecified atom stereocenters. The number of likely N-dealkylation sites (N-methyl/N-ethyl adjacent to an activating group) is 1. The molecule has 0 spiro atoms. The zero-order chi connectivity index (χ0) is 16.8. The Morgan fingerprint density at radius 1 is 1.39 bits per heavy atom. The first-order valence-electron chi connectivity index (χ1n) is 7.45. The molecule has 1 amide bonds. The molecule has 1 N–H and O–H groups in total. The smallest absolute Gasteiger partial charge is 0.246 e. The van der Waals surface area contributed by atoms with Gasteiger partial charge in [0.1, 0.15) is 5.75 Å². The molecule has 0 aliphatic carbocycles. The Morgan fingerprint density at radius 3 is 2.74 bits per heavy atom. The van der Waals surface area contributed by atoms with Crippen LogP contribution >= 0.6 is 11.8 Å². The summed E-state index contributed by atoms with van der Waals surface area (Å²) >= 11 is 1.74. The molecule has 6 nitrogen and oxygen atoms in total. The summed E-state index contributed by atoms with van der Waals surface area (Å²) in [6, 6.07) is 6.60. The molecule has 0 fully saturated rings. The molecule has 0 saturated carbocycles. The summed E-state index contributed by atoms with van der Waals surface area (Å²) in [5, 5.41) is 13.4. The Morgan fingerprint density at radius 2 is 2.09 bits per heavy atom. The minimum Gasteiger partial charge on any atom is -0.508 e. The van der Waals surface area contributed by atoms with E-state index in [4.69, 9.17) is 4.52 Å². The van der Waals surface area contributed by atoms with Crippen molar-refractivity contribution in [3.8, 4) is 5.75 Å². The lowest BCUT2D eigenvalue weighted by Gasteiger charge is -2.14. The van der Waals surface area contributed by atoms with Crippen LogP contribution in [0, 0.1) is 0 Å². The van der Waals surface area contributed by atoms with Gasteiger partial charge in [0.15, 0.2) is 5.82 Å². The summed E-state index contributed by atoms with van der Waals surface area (Å²) in [5.74, 6) is 2.21. The van der Waals surface area contributed by atoms with Crippen molar-refractivity contribution in [1.29, 1.82) is 0 Å². The van der Waals surface area contributed by atoms with Gasteiger partial charge < -0.3 is 14.5 Å². The van der Waals surface area contributed by atoms with Gasteiger partial charge in [-0.25, -0.2) is 0 Å². The molecule has 0 aliphatic heterocycles. The van der Waals surface area contributed by atoms with Crippen molar-refractivity contribution in [3.63, 3.8) is 0 Å². The number of rotatable bonds is 7. The third kappa shape index (κ3) is 4.99. The number of nitrogens with zero attached hydrogens (tertiary/aromatic N) is 3. The molecule has 0 bridgehead atoms. The van der Waals surface area contributed by atoms with Crippen LogP contribution in [0.3, 0.4) is 0 Å². The Labute approximate surface area is 139 Å². The third-order valence-electron chi connectivity index (χ3n) is 3.35. The summed E-state index contributed by atoms with van der Waals surface area (Å²) in [6.45, 7) is 4.40. The largest absolute Gasteiger partial charge is 0.508 e. The lowest BCUT2D eigenvalue weighted by Crippen LogP contribution is -2.27. The number of carbonyl (C=O) groups is 1. The Kier molecular flexibility index (Phi) is 6.04. The van der Waals surface area contributed by atoms with Gasteiger partial charge in [-0.1, -0.05) is 24.2 Å². The topological polar surface area (TPSA) is 79.5 Å². The predicted octanol–water partition coefficient (Wildman–Crippen LogP) is 2.79. The molecule has 7 heteroatoms. The second kappa shape index (κ2) is 8.01. The van der Waals surface area contributed by atoms with E-state index in [1.807, 2.05) is 6.92 Å². The van der Waals surface area contributed by atoms with Gasteiger partial charge in [-0.15, -0.1) is 0 Å². The molecular formula is C16H21N3O3S. The standard InChI is InChI=1S/C16H21N3O3S/c1-4-23-11(2)16-17-14(22-18-16)10-19(3)15(21)9-12-5-7-13(20)8-6-12/h5-8,11,20H,4,9-10H2,1-3H3/t11-/m0/s1. The quantitative estimate of drug-likeness (QED) is 0.838. The maximum atomic E-state index is 12.2. The number of hydrogen-bond donors (Lipinski definition) is 1. The van der Waals surface area contributed by atoms with Crippen LogP contribution in [0.5, 0.6) is 5.75 Å². The first-order valence-corrected chi connectivity index (χ1v) is 8.50. The Hall–Kier alpha value is -2.02. The SMILES string of the molecule is CCS[C@@H](C)c1noc(CN(C)C(=O)Cc2ccc(O)cc2)n1. The molecule has 0 saturated heterocycles. The third-order valence-corrected chi connectivity index (χ3v) is 4.40. The van der Waals surface area contributed by atoms with Crippen molar-refractivity contribution in [2.24, 2.45) is 0 Å². The molecule has 1 heterocycles. The second-order valence-electron chi connectivity index (χ2n) is 5.24. The normalized spacial score (nSPS) is 12.1. The van der Waals surface area contributed by atoms with Gasteiger partial charge in [-0.05, 0) is 30.4 Å². The summed E-state index contributed by atoms with van der Waals surface area (Å²) in [7, 11) is 1.71. The van der Waals surface area contributed by atoms with Crippen LogP contribution in [0.15, 0.2) is 28.8 Å². The predicted molar refractivity (Wildman–Crippen MR) is 89.1 cm³/mol. The first-order chi connectivity index (χ1) is 11.0. The first kappa shape index (κ1) is 17.3. The highest BCUT2D eigenvalue weighted by Gasteiger charge is 2.17. The summed E-state index contributed by atoms with van der Waals surface area (Å²) < 4.78 is 5.22. The van der Waals surface area contributed by atoms with Crippen LogP contribution in [0.25, 0.3) is 0 Å². The van der Waals surface area contributed by atoms with Crippen molar-refractivity contribution >= 4 is 17.7 Å². The van der Waals surface area contributed by atoms with Crippen LogP contribution in [0.4, 0.5) is 0 Å². The molecule has 2 rings (SSSR count). The van der Waals surface area contributed by atoms with E-state index in [-0.39, 0.29) is 29.9 Å². The van der Waals surface area contributed by atoms with Crippen molar-refractivity contribution in [2.75, 3.05) is 12.8 Å². The Bertz CT molecular complexity index is 642. The second-order valence-corrected chi connectivity index (χ2v) is 6.85. The highest BCUT2D eigenvalue weighted by molar-refractivity contribution is 7.99. The number of aromatic hydroxyl groups is 1. The molecule has 1 aromatic carbocycles. The number of amides is 1. The summed E-state index contributed by atoms with van der Waals surface area (Å²) in [5.41, 5.74) is 0.846. The van der Waals surface area contributed by atoms with E-state index in [0.717, 1.165) is 11.3 Å². The number of hydrogen-bond acceptors (Lipinski definition) is 6. The molecule has 1 aromatic heterocycles. The van der Waals surface area contributed by atoms with Gasteiger partial charge >= 0.3 is 0 Å². The van der Waals surface area contributed by atoms with E-state index in [9.17, 15) is 9.90 Å². The monoisotopic (exact) mass is 335 g/mol. The number of phenolic OH excluding ortho intramolecular Hbond substituents is 1. The summed E-state index contributed by atoms with van der Waals surface area (Å²) in [4.78, 5) is 18.1. The zero-order valence-corrected chi connectivity index (χ0v) is 14.3. The van der Waals surface area contributed by atoms with Crippen molar-refractivity contribution in [1.82, 2.24) is 15.0 Å². The fourth-order valence-electron chi connectivity index (χ4n) is 2.04. The molecule has 0 aliphatic rings. The maximum Gasteiger partial charge on any atom is 0.246 e. The Balaban J connectivity index is 1.91. The van der Waals surface area contributed by atoms with E-state index in [2.05, 4.69) is 17.1 Å². The minimum atomic E-state index is -0.0496. The van der Waals surface area contributed by atoms with Gasteiger partial charge in [0.2, 0.25) is 11.8 Å². The van der Waals surface area contributed by atoms with Crippen LogP contribution < -0.4 is 0 Å². The minimum absolute atomic E-state index is 0.0496. The van der Waals surface area contributed by atoms with Crippen molar-refractivity contribution < 1.29 is 14.4 Å². The maximum absolute atomic E-state index is 12.2. The van der Waals surface area contributed by atoms with E-state index in [1.54, 1.807) is 48.0 Å². The van der Waals surface area contributed by atoms with Gasteiger partial charge in [0.25, 0.3) is 0 Å². The van der Waals surface area contributed by atoms with Gasteiger partial charge in [0, 0.05) is 7.05 Å². The van der Waals surface area contributed by atoms with E-state index in [0.29, 0.717) is 11.7 Å². The van der Waals surface area contributed by atoms with E-state index >= 15 is 0 Å². The lowest BCUT2D eigenvalue weighted by atomic mass is 10.1. The fourth-order valence-corrected chi connectivity index (χ4v) is 2.78.